The molecule has 2 aliphatic rings. The van der Waals surface area contributed by atoms with Gasteiger partial charge in [-0.25, -0.2) is 4.98 Å². The van der Waals surface area contributed by atoms with Crippen LogP contribution in [0.5, 0.6) is 0 Å². The van der Waals surface area contributed by atoms with Crippen molar-refractivity contribution in [3.05, 3.63) is 24.2 Å². The number of ketones is 1. The topological polar surface area (TPSA) is 101 Å². The van der Waals surface area contributed by atoms with E-state index in [1.54, 1.807) is 18.4 Å². The Bertz CT molecular complexity index is 706. The van der Waals surface area contributed by atoms with Crippen LogP contribution in [0.3, 0.4) is 0 Å². The number of H-pyrrole nitrogens is 1. The molecule has 1 unspecified atom stereocenters. The number of hydrogen-bond acceptors (Lipinski definition) is 5. The Balaban J connectivity index is 1.34. The van der Waals surface area contributed by atoms with Crippen molar-refractivity contribution in [3.63, 3.8) is 0 Å². The number of nitrogens with zero attached hydrogens (tertiary/aromatic N) is 2. The van der Waals surface area contributed by atoms with Crippen molar-refractivity contribution in [2.75, 3.05) is 0 Å². The molecule has 2 heterocycles. The Morgan fingerprint density at radius 2 is 2.13 bits per heavy atom. The first-order valence-electron chi connectivity index (χ1n) is 7.97. The molecule has 2 fully saturated rings. The van der Waals surface area contributed by atoms with Crippen molar-refractivity contribution in [3.8, 4) is 11.6 Å². The molecule has 2 N–H and O–H groups in total. The zero-order valence-corrected chi connectivity index (χ0v) is 12.6. The zero-order chi connectivity index (χ0) is 15.8. The van der Waals surface area contributed by atoms with Gasteiger partial charge in [-0.15, -0.1) is 5.10 Å². The van der Waals surface area contributed by atoms with Crippen LogP contribution < -0.4 is 5.32 Å². The monoisotopic (exact) mass is 314 g/mol. The second kappa shape index (κ2) is 5.64. The highest BCUT2D eigenvalue weighted by atomic mass is 16.3. The zero-order valence-electron chi connectivity index (χ0n) is 12.6. The molecule has 0 saturated heterocycles. The molecule has 7 heteroatoms. The van der Waals surface area contributed by atoms with E-state index in [2.05, 4.69) is 20.5 Å². The van der Waals surface area contributed by atoms with Crippen molar-refractivity contribution in [1.29, 1.82) is 0 Å². The maximum absolute atomic E-state index is 12.3. The summed E-state index contributed by atoms with van der Waals surface area (Å²) in [6.45, 7) is 0.298. The fourth-order valence-electron chi connectivity index (χ4n) is 3.69. The molecule has 0 aliphatic heterocycles. The van der Waals surface area contributed by atoms with Crippen LogP contribution >= 0.6 is 0 Å². The second-order valence-corrected chi connectivity index (χ2v) is 6.34. The molecule has 2 aromatic heterocycles. The van der Waals surface area contributed by atoms with Gasteiger partial charge in [-0.05, 0) is 37.8 Å². The standard InChI is InChI=1S/C16H18N4O3/c21-14-9-3-4-10(14)7-11(6-9)16(22)17-8-13-18-15(20-19-13)12-2-1-5-23-12/h1-2,5,9-11H,3-4,6-8H2,(H,17,22)(H,18,19,20)/t9-,10+,11?. The highest BCUT2D eigenvalue weighted by Crippen LogP contribution is 2.42. The number of furan rings is 1. The summed E-state index contributed by atoms with van der Waals surface area (Å²) < 4.78 is 5.23. The number of carbonyl (C=O) groups is 2. The predicted molar refractivity (Wildman–Crippen MR) is 79.9 cm³/mol. The summed E-state index contributed by atoms with van der Waals surface area (Å²) in [6, 6.07) is 3.55. The number of aromatic nitrogens is 3. The van der Waals surface area contributed by atoms with E-state index in [4.69, 9.17) is 4.42 Å². The van der Waals surface area contributed by atoms with Crippen LogP contribution in [0.1, 0.15) is 31.5 Å². The molecule has 2 aliphatic carbocycles. The third-order valence-electron chi connectivity index (χ3n) is 4.88. The minimum absolute atomic E-state index is 0.00495. The van der Waals surface area contributed by atoms with Crippen molar-refractivity contribution in [2.45, 2.75) is 32.2 Å². The lowest BCUT2D eigenvalue weighted by atomic mass is 9.79. The van der Waals surface area contributed by atoms with E-state index in [0.29, 0.717) is 42.6 Å². The molecular weight excluding hydrogens is 296 g/mol. The molecule has 120 valence electrons. The van der Waals surface area contributed by atoms with Gasteiger partial charge in [0.15, 0.2) is 5.76 Å². The lowest BCUT2D eigenvalue weighted by Crippen LogP contribution is -2.37. The van der Waals surface area contributed by atoms with Crippen LogP contribution in [0.4, 0.5) is 0 Å². The smallest absolute Gasteiger partial charge is 0.223 e. The van der Waals surface area contributed by atoms with Gasteiger partial charge in [0.1, 0.15) is 11.6 Å². The number of nitrogens with one attached hydrogen (secondary N) is 2. The lowest BCUT2D eigenvalue weighted by molar-refractivity contribution is -0.132. The van der Waals surface area contributed by atoms with Crippen molar-refractivity contribution >= 4 is 11.7 Å². The summed E-state index contributed by atoms with van der Waals surface area (Å²) >= 11 is 0. The number of rotatable bonds is 4. The fourth-order valence-corrected chi connectivity index (χ4v) is 3.69. The first kappa shape index (κ1) is 14.2. The third kappa shape index (κ3) is 2.67. The van der Waals surface area contributed by atoms with Crippen LogP contribution in [-0.2, 0) is 16.1 Å². The van der Waals surface area contributed by atoms with Gasteiger partial charge < -0.3 is 9.73 Å². The Labute approximate surface area is 132 Å². The van der Waals surface area contributed by atoms with Gasteiger partial charge in [0.05, 0.1) is 12.8 Å². The van der Waals surface area contributed by atoms with E-state index in [9.17, 15) is 9.59 Å². The van der Waals surface area contributed by atoms with Crippen molar-refractivity contribution < 1.29 is 14.0 Å². The van der Waals surface area contributed by atoms with Gasteiger partial charge in [-0.2, -0.15) is 0 Å². The van der Waals surface area contributed by atoms with E-state index in [0.717, 1.165) is 12.8 Å². The summed E-state index contributed by atoms with van der Waals surface area (Å²) in [5, 5.41) is 9.76. The number of fused-ring (bicyclic) bond motifs is 2. The van der Waals surface area contributed by atoms with Gasteiger partial charge in [0.2, 0.25) is 11.7 Å². The fraction of sp³-hybridized carbons (Fsp3) is 0.500. The largest absolute Gasteiger partial charge is 0.461 e. The van der Waals surface area contributed by atoms with Crippen molar-refractivity contribution in [1.82, 2.24) is 20.5 Å². The van der Waals surface area contributed by atoms with Gasteiger partial charge in [-0.3, -0.25) is 14.7 Å². The Kier molecular flexibility index (Phi) is 3.48. The maximum Gasteiger partial charge on any atom is 0.223 e. The van der Waals surface area contributed by atoms with E-state index in [-0.39, 0.29) is 23.7 Å². The minimum atomic E-state index is -0.0577. The van der Waals surface area contributed by atoms with Crippen LogP contribution in [-0.4, -0.2) is 26.9 Å². The summed E-state index contributed by atoms with van der Waals surface area (Å²) in [4.78, 5) is 28.5. The van der Waals surface area contributed by atoms with E-state index in [1.807, 2.05) is 0 Å². The van der Waals surface area contributed by atoms with Crippen LogP contribution in [0.15, 0.2) is 22.8 Å². The Morgan fingerprint density at radius 3 is 2.83 bits per heavy atom. The first-order chi connectivity index (χ1) is 11.2. The number of Topliss-reactive ketones (excluding diaryl/α,β-unsaturated/α-hetero) is 1. The minimum Gasteiger partial charge on any atom is -0.461 e. The molecule has 4 rings (SSSR count). The van der Waals surface area contributed by atoms with Crippen LogP contribution in [0.25, 0.3) is 11.6 Å². The normalized spacial score (nSPS) is 26.4. The SMILES string of the molecule is O=C(NCc1nc(-c2ccco2)n[nH]1)C1C[C@H]2CC[C@@H](C1)C2=O. The molecule has 0 spiro atoms. The van der Waals surface area contributed by atoms with Gasteiger partial charge in [-0.1, -0.05) is 0 Å². The summed E-state index contributed by atoms with van der Waals surface area (Å²) in [5.41, 5.74) is 0. The lowest BCUT2D eigenvalue weighted by Gasteiger charge is -2.25. The summed E-state index contributed by atoms with van der Waals surface area (Å²) in [6.07, 6.45) is 4.83. The van der Waals surface area contributed by atoms with Gasteiger partial charge >= 0.3 is 0 Å². The predicted octanol–water partition coefficient (Wildman–Crippen LogP) is 1.69. The van der Waals surface area contributed by atoms with Crippen LogP contribution in [0, 0.1) is 17.8 Å². The molecule has 2 aromatic rings. The summed E-state index contributed by atoms with van der Waals surface area (Å²) in [5.74, 6) is 2.15. The van der Waals surface area contributed by atoms with E-state index < -0.39 is 0 Å². The average molecular weight is 314 g/mol. The average Bonchev–Trinajstić information content (AvgIpc) is 3.25. The molecule has 3 atom stereocenters. The third-order valence-corrected chi connectivity index (χ3v) is 4.88. The van der Waals surface area contributed by atoms with Gasteiger partial charge in [0, 0.05) is 17.8 Å². The Morgan fingerprint density at radius 1 is 1.35 bits per heavy atom. The summed E-state index contributed by atoms with van der Waals surface area (Å²) in [7, 11) is 0. The quantitative estimate of drug-likeness (QED) is 0.894. The number of amides is 1. The number of aromatic amines is 1. The van der Waals surface area contributed by atoms with E-state index >= 15 is 0 Å². The van der Waals surface area contributed by atoms with E-state index in [1.165, 1.54) is 0 Å². The second-order valence-electron chi connectivity index (χ2n) is 6.34. The molecule has 7 nitrogen and oxygen atoms in total. The number of carbonyl (C=O) groups excluding carboxylic acids is 2. The molecule has 2 saturated carbocycles. The maximum atomic E-state index is 12.3. The first-order valence-corrected chi connectivity index (χ1v) is 7.97. The Hall–Kier alpha value is -2.44. The molecule has 2 bridgehead atoms. The van der Waals surface area contributed by atoms with Crippen molar-refractivity contribution in [2.24, 2.45) is 17.8 Å². The van der Waals surface area contributed by atoms with Crippen LogP contribution in [0.2, 0.25) is 0 Å². The highest BCUT2D eigenvalue weighted by molar-refractivity contribution is 5.89. The highest BCUT2D eigenvalue weighted by Gasteiger charge is 2.43. The molecule has 0 radical (unpaired) electrons. The molecule has 23 heavy (non-hydrogen) atoms. The molecular formula is C16H18N4O3. The number of hydrogen-bond donors (Lipinski definition) is 2. The molecule has 1 amide bonds. The molecule has 0 aromatic carbocycles. The van der Waals surface area contributed by atoms with Gasteiger partial charge in [0.25, 0.3) is 0 Å².